The molecule has 0 aliphatic rings. The number of hydrogen-bond donors (Lipinski definition) is 2. The van der Waals surface area contributed by atoms with Gasteiger partial charge >= 0.3 is 0 Å². The predicted molar refractivity (Wildman–Crippen MR) is 155 cm³/mol. The van der Waals surface area contributed by atoms with Crippen LogP contribution in [0.2, 0.25) is 0 Å². The van der Waals surface area contributed by atoms with E-state index in [4.69, 9.17) is 4.74 Å². The van der Waals surface area contributed by atoms with Crippen LogP contribution in [0.5, 0.6) is 5.75 Å². The van der Waals surface area contributed by atoms with Crippen molar-refractivity contribution in [2.24, 2.45) is 0 Å². The van der Waals surface area contributed by atoms with Gasteiger partial charge in [-0.05, 0) is 72.3 Å². The van der Waals surface area contributed by atoms with Gasteiger partial charge < -0.3 is 15.0 Å². The minimum atomic E-state index is 0.151. The molecule has 0 radical (unpaired) electrons. The fourth-order valence-electron chi connectivity index (χ4n) is 4.44. The molecule has 192 valence electrons. The van der Waals surface area contributed by atoms with Crippen molar-refractivity contribution in [3.63, 3.8) is 0 Å². The number of aromatic amines is 1. The normalized spacial score (nSPS) is 11.3. The molecule has 1 amide bonds. The molecule has 2 aromatic rings. The third-order valence-corrected chi connectivity index (χ3v) is 8.42. The molecule has 1 heterocycles. The van der Waals surface area contributed by atoms with Crippen LogP contribution in [-0.4, -0.2) is 24.5 Å². The zero-order valence-electron chi connectivity index (χ0n) is 20.8. The summed E-state index contributed by atoms with van der Waals surface area (Å²) in [4.78, 5) is 15.6. The van der Waals surface area contributed by atoms with Gasteiger partial charge in [0.25, 0.3) is 0 Å². The minimum absolute atomic E-state index is 0.151. The summed E-state index contributed by atoms with van der Waals surface area (Å²) in [5.41, 5.74) is 2.15. The van der Waals surface area contributed by atoms with Crippen molar-refractivity contribution in [1.82, 2.24) is 10.3 Å². The number of methoxy groups -OCH3 is 1. The van der Waals surface area contributed by atoms with Gasteiger partial charge in [0.2, 0.25) is 5.91 Å². The smallest absolute Gasteiger partial charge is 0.220 e. The molecule has 0 saturated heterocycles. The van der Waals surface area contributed by atoms with Crippen molar-refractivity contribution >= 4 is 64.6 Å². The van der Waals surface area contributed by atoms with E-state index >= 15 is 0 Å². The molecule has 0 bridgehead atoms. The lowest BCUT2D eigenvalue weighted by atomic mass is 10.0. The molecule has 0 aliphatic carbocycles. The average molecular weight is 665 g/mol. The molecule has 7 heteroatoms. The molecule has 0 atom stereocenters. The van der Waals surface area contributed by atoms with E-state index in [2.05, 4.69) is 65.0 Å². The first kappa shape index (κ1) is 29.7. The number of hydrogen-bond acceptors (Lipinski definition) is 2. The Labute approximate surface area is 231 Å². The second-order valence-electron chi connectivity index (χ2n) is 9.14. The highest BCUT2D eigenvalue weighted by atomic mass is 79.9. The van der Waals surface area contributed by atoms with Gasteiger partial charge in [-0.15, -0.1) is 0 Å². The van der Waals surface area contributed by atoms with Gasteiger partial charge in [-0.2, -0.15) is 0 Å². The minimum Gasteiger partial charge on any atom is -0.494 e. The van der Waals surface area contributed by atoms with E-state index in [-0.39, 0.29) is 5.91 Å². The summed E-state index contributed by atoms with van der Waals surface area (Å²) in [5.74, 6) is 0.921. The van der Waals surface area contributed by atoms with Gasteiger partial charge in [-0.25, -0.2) is 0 Å². The Hall–Kier alpha value is -0.530. The second-order valence-corrected chi connectivity index (χ2v) is 11.6. The number of carbonyl (C=O) groups excluding carboxylic acids is 1. The van der Waals surface area contributed by atoms with Gasteiger partial charge in [0.15, 0.2) is 0 Å². The summed E-state index contributed by atoms with van der Waals surface area (Å²) in [7, 11) is 1.66. The highest BCUT2D eigenvalue weighted by Gasteiger charge is 2.18. The summed E-state index contributed by atoms with van der Waals surface area (Å²) in [6, 6.07) is 2.01. The number of rotatable bonds is 18. The van der Waals surface area contributed by atoms with Crippen LogP contribution >= 0.6 is 47.8 Å². The number of benzene rings is 1. The number of nitrogens with one attached hydrogen (secondary N) is 2. The molecule has 34 heavy (non-hydrogen) atoms. The standard InChI is InChI=1S/C27H41Br3N2O2/c1-3-4-5-6-7-8-9-10-11-12-13-14-15-16-23(33)31-18-17-20-24-22(32-27(20)30)19-21(28)26(34-2)25(24)29/h19,32H,3-18H2,1-2H3,(H,31,33). The number of H-pyrrole nitrogens is 1. The fourth-order valence-corrected chi connectivity index (χ4v) is 6.73. The first-order chi connectivity index (χ1) is 16.5. The number of halogens is 3. The van der Waals surface area contributed by atoms with Crippen molar-refractivity contribution in [3.8, 4) is 5.75 Å². The quantitative estimate of drug-likeness (QED) is 0.156. The van der Waals surface area contributed by atoms with E-state index in [9.17, 15) is 4.79 Å². The van der Waals surface area contributed by atoms with Gasteiger partial charge in [-0.3, -0.25) is 4.79 Å². The van der Waals surface area contributed by atoms with Gasteiger partial charge in [-0.1, -0.05) is 84.0 Å². The van der Waals surface area contributed by atoms with Crippen LogP contribution in [-0.2, 0) is 11.2 Å². The molecule has 1 aromatic heterocycles. The monoisotopic (exact) mass is 662 g/mol. The fraction of sp³-hybridized carbons (Fsp3) is 0.667. The van der Waals surface area contributed by atoms with Crippen LogP contribution in [0, 0.1) is 0 Å². The molecule has 0 fully saturated rings. The first-order valence-corrected chi connectivity index (χ1v) is 15.4. The zero-order valence-corrected chi connectivity index (χ0v) is 25.6. The first-order valence-electron chi connectivity index (χ1n) is 13.0. The number of fused-ring (bicyclic) bond motifs is 1. The van der Waals surface area contributed by atoms with E-state index in [1.54, 1.807) is 7.11 Å². The number of amides is 1. The number of ether oxygens (including phenoxy) is 1. The van der Waals surface area contributed by atoms with Crippen LogP contribution in [0.4, 0.5) is 0 Å². The Morgan fingerprint density at radius 3 is 2.03 bits per heavy atom. The van der Waals surface area contributed by atoms with E-state index in [0.29, 0.717) is 13.0 Å². The third kappa shape index (κ3) is 9.85. The zero-order chi connectivity index (χ0) is 24.8. The number of carbonyl (C=O) groups is 1. The molecule has 1 aromatic carbocycles. The second kappa shape index (κ2) is 17.0. The Balaban J connectivity index is 1.57. The number of aromatic nitrogens is 1. The van der Waals surface area contributed by atoms with E-state index in [1.165, 1.54) is 70.6 Å². The Morgan fingerprint density at radius 1 is 0.912 bits per heavy atom. The lowest BCUT2D eigenvalue weighted by Crippen LogP contribution is -2.25. The molecular weight excluding hydrogens is 624 g/mol. The summed E-state index contributed by atoms with van der Waals surface area (Å²) >= 11 is 10.9. The molecule has 0 unspecified atom stereocenters. The Morgan fingerprint density at radius 2 is 1.47 bits per heavy atom. The van der Waals surface area contributed by atoms with Crippen molar-refractivity contribution < 1.29 is 9.53 Å². The van der Waals surface area contributed by atoms with Crippen molar-refractivity contribution in [2.45, 2.75) is 103 Å². The number of unbranched alkanes of at least 4 members (excludes halogenated alkanes) is 12. The van der Waals surface area contributed by atoms with Gasteiger partial charge in [0, 0.05) is 23.9 Å². The third-order valence-electron chi connectivity index (χ3n) is 6.40. The molecule has 2 rings (SSSR count). The maximum atomic E-state index is 12.3. The highest BCUT2D eigenvalue weighted by molar-refractivity contribution is 9.11. The van der Waals surface area contributed by atoms with Crippen molar-refractivity contribution in [1.29, 1.82) is 0 Å². The van der Waals surface area contributed by atoms with Crippen LogP contribution in [0.15, 0.2) is 19.6 Å². The van der Waals surface area contributed by atoms with Crippen LogP contribution in [0.25, 0.3) is 10.9 Å². The lowest BCUT2D eigenvalue weighted by molar-refractivity contribution is -0.121. The van der Waals surface area contributed by atoms with Crippen LogP contribution in [0.3, 0.4) is 0 Å². The summed E-state index contributed by atoms with van der Waals surface area (Å²) in [6.45, 7) is 2.89. The van der Waals surface area contributed by atoms with Crippen molar-refractivity contribution in [3.05, 3.63) is 25.2 Å². The van der Waals surface area contributed by atoms with Crippen molar-refractivity contribution in [2.75, 3.05) is 13.7 Å². The lowest BCUT2D eigenvalue weighted by Gasteiger charge is -2.09. The SMILES string of the molecule is CCCCCCCCCCCCCCCC(=O)NCCc1c(Br)[nH]c2cc(Br)c(OC)c(Br)c12. The highest BCUT2D eigenvalue weighted by Crippen LogP contribution is 2.42. The molecule has 0 aliphatic heterocycles. The average Bonchev–Trinajstić information content (AvgIpc) is 3.12. The molecule has 2 N–H and O–H groups in total. The molecule has 4 nitrogen and oxygen atoms in total. The topological polar surface area (TPSA) is 54.1 Å². The summed E-state index contributed by atoms with van der Waals surface area (Å²) in [6.07, 6.45) is 18.5. The molecule has 0 saturated carbocycles. The molecule has 0 spiro atoms. The van der Waals surface area contributed by atoms with E-state index in [1.807, 2.05) is 6.07 Å². The van der Waals surface area contributed by atoms with Gasteiger partial charge in [0.1, 0.15) is 5.75 Å². The maximum absolute atomic E-state index is 12.3. The van der Waals surface area contributed by atoms with Crippen LogP contribution < -0.4 is 10.1 Å². The largest absolute Gasteiger partial charge is 0.494 e. The predicted octanol–water partition coefficient (Wildman–Crippen LogP) is 9.60. The summed E-state index contributed by atoms with van der Waals surface area (Å²) < 4.78 is 8.25. The van der Waals surface area contributed by atoms with E-state index in [0.717, 1.165) is 55.0 Å². The Kier molecular flexibility index (Phi) is 14.9. The summed E-state index contributed by atoms with van der Waals surface area (Å²) in [5, 5.41) is 4.17. The molecular formula is C27H41Br3N2O2. The van der Waals surface area contributed by atoms with E-state index < -0.39 is 0 Å². The maximum Gasteiger partial charge on any atom is 0.220 e. The van der Waals surface area contributed by atoms with Crippen LogP contribution in [0.1, 0.15) is 102 Å². The Bertz CT molecular complexity index is 883. The van der Waals surface area contributed by atoms with Gasteiger partial charge in [0.05, 0.1) is 20.7 Å².